The summed E-state index contributed by atoms with van der Waals surface area (Å²) in [7, 11) is 4.77. The predicted molar refractivity (Wildman–Crippen MR) is 236 cm³/mol. The second-order valence-electron chi connectivity index (χ2n) is 16.0. The fourth-order valence-electron chi connectivity index (χ4n) is 11.0. The van der Waals surface area contributed by atoms with Crippen molar-refractivity contribution in [3.05, 3.63) is 227 Å². The summed E-state index contributed by atoms with van der Waals surface area (Å²) in [5, 5.41) is 0. The second kappa shape index (κ2) is 14.0. The SMILES string of the molecule is [CH2]=[Zr]([CH]1C=Cc2ccccc21)([CH]1C=Cc2ccccc21)[C](C1=CCc2ccccc21)(C(C1=CCc2ccccc21)N(C)c1ccccc1)N(C)c1ccccc1. The van der Waals surface area contributed by atoms with Crippen LogP contribution in [0.25, 0.3) is 23.3 Å². The molecule has 0 bridgehead atoms. The Balaban J connectivity index is 1.40. The first-order chi connectivity index (χ1) is 27.5. The Kier molecular flexibility index (Phi) is 8.76. The molecule has 6 aromatic rings. The van der Waals surface area contributed by atoms with Crippen LogP contribution in [0.3, 0.4) is 0 Å². The Morgan fingerprint density at radius 1 is 0.554 bits per heavy atom. The van der Waals surface area contributed by atoms with Crippen molar-refractivity contribution in [2.24, 2.45) is 0 Å². The van der Waals surface area contributed by atoms with Crippen LogP contribution in [-0.4, -0.2) is 27.6 Å². The van der Waals surface area contributed by atoms with Gasteiger partial charge in [-0.3, -0.25) is 0 Å². The van der Waals surface area contributed by atoms with Crippen molar-refractivity contribution in [1.82, 2.24) is 0 Å². The third-order valence-corrected chi connectivity index (χ3v) is 27.0. The van der Waals surface area contributed by atoms with Gasteiger partial charge in [0.2, 0.25) is 0 Å². The third kappa shape index (κ3) is 5.20. The quantitative estimate of drug-likeness (QED) is 0.136. The summed E-state index contributed by atoms with van der Waals surface area (Å²) in [6, 6.07) is 59.0. The number of rotatable bonds is 10. The van der Waals surface area contributed by atoms with E-state index in [-0.39, 0.29) is 13.3 Å². The Hall–Kier alpha value is -5.37. The molecule has 4 unspecified atom stereocenters. The molecule has 0 radical (unpaired) electrons. The van der Waals surface area contributed by atoms with Crippen LogP contribution in [0.2, 0.25) is 0 Å². The average Bonchev–Trinajstić information content (AvgIpc) is 4.08. The number of para-hydroxylation sites is 2. The average molecular weight is 803 g/mol. The zero-order valence-electron chi connectivity index (χ0n) is 32.2. The van der Waals surface area contributed by atoms with Gasteiger partial charge in [-0.15, -0.1) is 0 Å². The van der Waals surface area contributed by atoms with Crippen LogP contribution in [0.1, 0.15) is 51.8 Å². The number of fused-ring (bicyclic) bond motifs is 4. The van der Waals surface area contributed by atoms with Gasteiger partial charge in [0.1, 0.15) is 0 Å². The molecule has 0 N–H and O–H groups in total. The maximum atomic E-state index is 6.06. The van der Waals surface area contributed by atoms with E-state index in [1.807, 2.05) is 0 Å². The van der Waals surface area contributed by atoms with E-state index in [4.69, 9.17) is 4.21 Å². The van der Waals surface area contributed by atoms with Crippen LogP contribution in [0.4, 0.5) is 11.4 Å². The van der Waals surface area contributed by atoms with Crippen LogP contribution in [0.5, 0.6) is 0 Å². The van der Waals surface area contributed by atoms with E-state index in [2.05, 4.69) is 218 Å². The molecular weight excluding hydrogens is 756 g/mol. The van der Waals surface area contributed by atoms with Crippen molar-refractivity contribution < 1.29 is 19.8 Å². The molecule has 2 nitrogen and oxygen atoms in total. The molecule has 0 saturated carbocycles. The van der Waals surface area contributed by atoms with Gasteiger partial charge in [0.25, 0.3) is 0 Å². The molecular formula is C53H47N2Zr. The van der Waals surface area contributed by atoms with Crippen molar-refractivity contribution in [2.75, 3.05) is 23.9 Å². The van der Waals surface area contributed by atoms with Gasteiger partial charge in [0.05, 0.1) is 0 Å². The van der Waals surface area contributed by atoms with E-state index in [0.717, 1.165) is 12.8 Å². The summed E-state index contributed by atoms with van der Waals surface area (Å²) in [5.41, 5.74) is 16.3. The van der Waals surface area contributed by atoms with Gasteiger partial charge < -0.3 is 0 Å². The van der Waals surface area contributed by atoms with E-state index in [1.165, 1.54) is 67.0 Å². The maximum absolute atomic E-state index is 6.06. The first-order valence-corrected chi connectivity index (χ1v) is 25.9. The van der Waals surface area contributed by atoms with Crippen molar-refractivity contribution in [3.63, 3.8) is 0 Å². The van der Waals surface area contributed by atoms with Crippen molar-refractivity contribution >= 4 is 38.9 Å². The van der Waals surface area contributed by atoms with Gasteiger partial charge >= 0.3 is 338 Å². The number of hydrogen-bond donors (Lipinski definition) is 0. The van der Waals surface area contributed by atoms with Crippen LogP contribution in [0.15, 0.2) is 182 Å². The number of anilines is 2. The number of hydrogen-bond acceptors (Lipinski definition) is 2. The number of benzene rings is 6. The minimum absolute atomic E-state index is 0.105. The van der Waals surface area contributed by atoms with Crippen LogP contribution < -0.4 is 9.80 Å². The van der Waals surface area contributed by atoms with Crippen molar-refractivity contribution in [1.29, 1.82) is 0 Å². The summed E-state index contributed by atoms with van der Waals surface area (Å²) < 4.78 is 5.82. The van der Waals surface area contributed by atoms with E-state index >= 15 is 0 Å². The van der Waals surface area contributed by atoms with Gasteiger partial charge in [-0.25, -0.2) is 0 Å². The molecule has 0 heterocycles. The zero-order chi connectivity index (χ0) is 37.9. The third-order valence-electron chi connectivity index (χ3n) is 13.4. The molecule has 0 amide bonds. The Morgan fingerprint density at radius 2 is 1.04 bits per heavy atom. The molecule has 4 aliphatic rings. The summed E-state index contributed by atoms with van der Waals surface area (Å²) >= 11 is -4.52. The van der Waals surface area contributed by atoms with Crippen LogP contribution in [-0.2, 0) is 32.6 Å². The van der Waals surface area contributed by atoms with Gasteiger partial charge in [-0.1, -0.05) is 0 Å². The fraction of sp³-hybridized carbons (Fsp3) is 0.151. The fourth-order valence-corrected chi connectivity index (χ4v) is 26.2. The van der Waals surface area contributed by atoms with Gasteiger partial charge in [-0.05, 0) is 0 Å². The number of nitrogens with zero attached hydrogens (tertiary/aromatic N) is 2. The van der Waals surface area contributed by atoms with Crippen molar-refractivity contribution in [2.45, 2.75) is 29.4 Å². The molecule has 56 heavy (non-hydrogen) atoms. The Labute approximate surface area is 336 Å². The van der Waals surface area contributed by atoms with Crippen LogP contribution >= 0.6 is 0 Å². The molecule has 4 atom stereocenters. The van der Waals surface area contributed by atoms with Crippen LogP contribution in [0, 0.1) is 0 Å². The first-order valence-electron chi connectivity index (χ1n) is 20.1. The number of likely N-dealkylation sites (N-methyl/N-ethyl adjacent to an activating group) is 2. The molecule has 0 fully saturated rings. The standard InChI is InChI=1S/C34H31N2.2C9H7.CH2.Zr/c1-35(27-15-5-3-6-16-27)33(31-23-21-25-13-9-11-19-29(25)31)34(36(2)28-17-7-4-8-18-28)32-24-22-26-14-10-12-20-30(26)32;2*1-2-5-9-7-3-6-8(9)4-1;;/h3-20,23-24,33H,21-22H2,1-2H3;2*1-7H;1H2;. The summed E-state index contributed by atoms with van der Waals surface area (Å²) in [6.45, 7) is 0. The number of allylic oxidation sites excluding steroid dienone is 4. The summed E-state index contributed by atoms with van der Waals surface area (Å²) in [6.07, 6.45) is 17.0. The second-order valence-corrected chi connectivity index (χ2v) is 26.0. The molecule has 0 aliphatic heterocycles. The van der Waals surface area contributed by atoms with E-state index in [9.17, 15) is 0 Å². The molecule has 273 valence electrons. The predicted octanol–water partition coefficient (Wildman–Crippen LogP) is 11.7. The monoisotopic (exact) mass is 801 g/mol. The van der Waals surface area contributed by atoms with E-state index < -0.39 is 23.0 Å². The van der Waals surface area contributed by atoms with Gasteiger partial charge in [0, 0.05) is 0 Å². The Bertz CT molecular complexity index is 2570. The molecule has 10 rings (SSSR count). The van der Waals surface area contributed by atoms with Crippen molar-refractivity contribution in [3.8, 4) is 0 Å². The van der Waals surface area contributed by atoms with E-state index in [0.29, 0.717) is 0 Å². The Morgan fingerprint density at radius 3 is 1.66 bits per heavy atom. The van der Waals surface area contributed by atoms with Gasteiger partial charge in [-0.2, -0.15) is 0 Å². The molecule has 0 aromatic heterocycles. The topological polar surface area (TPSA) is 6.48 Å². The minimum atomic E-state index is -4.52. The zero-order valence-corrected chi connectivity index (χ0v) is 34.7. The first kappa shape index (κ1) is 35.1. The summed E-state index contributed by atoms with van der Waals surface area (Å²) in [4.78, 5) is 5.39. The molecule has 0 saturated heterocycles. The molecule has 0 spiro atoms. The normalized spacial score (nSPS) is 19.8. The summed E-state index contributed by atoms with van der Waals surface area (Å²) in [5.74, 6) is 0. The molecule has 4 aliphatic carbocycles. The molecule has 6 aromatic carbocycles. The van der Waals surface area contributed by atoms with E-state index in [1.54, 1.807) is 0 Å². The van der Waals surface area contributed by atoms with Gasteiger partial charge in [0.15, 0.2) is 0 Å². The molecule has 3 heteroatoms.